The number of ether oxygens (including phenoxy) is 3. The second-order valence-corrected chi connectivity index (χ2v) is 11.6. The van der Waals surface area contributed by atoms with Gasteiger partial charge < -0.3 is 14.2 Å². The molecule has 224 valence electrons. The van der Waals surface area contributed by atoms with Crippen LogP contribution in [0, 0.1) is 0 Å². The summed E-state index contributed by atoms with van der Waals surface area (Å²) in [4.78, 5) is 17.5. The van der Waals surface area contributed by atoms with Gasteiger partial charge in [0, 0.05) is 22.6 Å². The van der Waals surface area contributed by atoms with Gasteiger partial charge in [-0.3, -0.25) is 0 Å². The number of fused-ring (bicyclic) bond motifs is 1. The first kappa shape index (κ1) is 29.9. The van der Waals surface area contributed by atoms with E-state index >= 15 is 0 Å². The summed E-state index contributed by atoms with van der Waals surface area (Å²) in [6.07, 6.45) is 5.98. The van der Waals surface area contributed by atoms with Crippen LogP contribution in [0.3, 0.4) is 0 Å². The highest BCUT2D eigenvalue weighted by Gasteiger charge is 2.21. The van der Waals surface area contributed by atoms with Gasteiger partial charge in [0.1, 0.15) is 5.75 Å². The van der Waals surface area contributed by atoms with Crippen LogP contribution in [0.4, 0.5) is 0 Å². The Morgan fingerprint density at radius 1 is 0.818 bits per heavy atom. The zero-order valence-electron chi connectivity index (χ0n) is 25.1. The number of carbonyl (C=O) groups excluding carboxylic acids is 1. The number of pyridine rings is 1. The Balaban J connectivity index is 1.39. The van der Waals surface area contributed by atoms with Crippen LogP contribution < -0.4 is 4.74 Å². The van der Waals surface area contributed by atoms with E-state index in [-0.39, 0.29) is 12.8 Å². The fourth-order valence-electron chi connectivity index (χ4n) is 6.16. The quantitative estimate of drug-likeness (QED) is 0.0950. The third-order valence-corrected chi connectivity index (χ3v) is 8.71. The Labute approximate surface area is 263 Å². The number of hydrogen-bond acceptors (Lipinski definition) is 5. The SMILES string of the molecule is CCOCOc1ccc(-c2ccc(Cl)cc2)c(-c2ccc3cc(-c4ccc(C(=O)OC)cc4C4CCCCC4)ccc3n2)c1. The van der Waals surface area contributed by atoms with Crippen LogP contribution in [0.15, 0.2) is 91.0 Å². The van der Waals surface area contributed by atoms with E-state index in [1.807, 2.05) is 55.5 Å². The van der Waals surface area contributed by atoms with Crippen LogP contribution >= 0.6 is 11.6 Å². The minimum absolute atomic E-state index is 0.188. The standard InChI is InChI=1S/C38H36ClNO4/c1-3-43-24-44-31-16-18-32(26-9-14-30(39)15-10-26)35(23-31)37-20-13-28-21-27(12-19-36(28)40-37)33-17-11-29(38(41)42-2)22-34(33)25-7-5-4-6-8-25/h9-23,25H,3-8,24H2,1-2H3. The fraction of sp³-hybridized carbons (Fsp3) is 0.263. The maximum atomic E-state index is 12.4. The molecule has 1 aliphatic rings. The van der Waals surface area contributed by atoms with Crippen molar-refractivity contribution >= 4 is 28.5 Å². The van der Waals surface area contributed by atoms with Gasteiger partial charge in [-0.2, -0.15) is 0 Å². The summed E-state index contributed by atoms with van der Waals surface area (Å²) in [5, 5.41) is 1.74. The zero-order chi connectivity index (χ0) is 30.5. The summed E-state index contributed by atoms with van der Waals surface area (Å²) >= 11 is 6.19. The normalized spacial score (nSPS) is 13.6. The Kier molecular flexibility index (Phi) is 9.25. The molecule has 5 aromatic rings. The van der Waals surface area contributed by atoms with Crippen molar-refractivity contribution in [2.45, 2.75) is 44.9 Å². The van der Waals surface area contributed by atoms with E-state index < -0.39 is 0 Å². The van der Waals surface area contributed by atoms with Gasteiger partial charge in [0.05, 0.1) is 23.9 Å². The highest BCUT2D eigenvalue weighted by molar-refractivity contribution is 6.30. The second kappa shape index (κ2) is 13.6. The van der Waals surface area contributed by atoms with Gasteiger partial charge in [-0.15, -0.1) is 0 Å². The smallest absolute Gasteiger partial charge is 0.337 e. The molecule has 1 saturated carbocycles. The summed E-state index contributed by atoms with van der Waals surface area (Å²) < 4.78 is 16.3. The molecule has 1 aliphatic carbocycles. The van der Waals surface area contributed by atoms with E-state index in [4.69, 9.17) is 30.8 Å². The summed E-state index contributed by atoms with van der Waals surface area (Å²) in [7, 11) is 1.43. The van der Waals surface area contributed by atoms with Crippen LogP contribution in [0.2, 0.25) is 5.02 Å². The third-order valence-electron chi connectivity index (χ3n) is 8.45. The second-order valence-electron chi connectivity index (χ2n) is 11.2. The van der Waals surface area contributed by atoms with Crippen LogP contribution in [-0.2, 0) is 9.47 Å². The molecule has 5 nitrogen and oxygen atoms in total. The maximum Gasteiger partial charge on any atom is 0.337 e. The highest BCUT2D eigenvalue weighted by atomic mass is 35.5. The molecule has 0 N–H and O–H groups in total. The first-order valence-electron chi connectivity index (χ1n) is 15.3. The molecule has 0 atom stereocenters. The topological polar surface area (TPSA) is 57.7 Å². The molecular formula is C38H36ClNO4. The predicted molar refractivity (Wildman–Crippen MR) is 177 cm³/mol. The van der Waals surface area contributed by atoms with Crippen molar-refractivity contribution in [3.05, 3.63) is 107 Å². The van der Waals surface area contributed by atoms with E-state index in [1.54, 1.807) is 0 Å². The van der Waals surface area contributed by atoms with Gasteiger partial charge in [-0.05, 0) is 108 Å². The monoisotopic (exact) mass is 605 g/mol. The number of rotatable bonds is 9. The summed E-state index contributed by atoms with van der Waals surface area (Å²) in [6, 6.07) is 30.5. The lowest BCUT2D eigenvalue weighted by molar-refractivity contribution is 0.0224. The number of benzene rings is 4. The Morgan fingerprint density at radius 2 is 1.59 bits per heavy atom. The molecule has 1 fully saturated rings. The van der Waals surface area contributed by atoms with Crippen molar-refractivity contribution in [2.24, 2.45) is 0 Å². The van der Waals surface area contributed by atoms with Gasteiger partial charge in [-0.1, -0.05) is 67.3 Å². The van der Waals surface area contributed by atoms with Crippen LogP contribution in [0.5, 0.6) is 5.75 Å². The van der Waals surface area contributed by atoms with Gasteiger partial charge >= 0.3 is 5.97 Å². The Bertz CT molecular complexity index is 1780. The van der Waals surface area contributed by atoms with Crippen molar-refractivity contribution in [1.29, 1.82) is 0 Å². The number of carbonyl (C=O) groups is 1. The lowest BCUT2D eigenvalue weighted by Gasteiger charge is -2.25. The number of halogens is 1. The molecule has 4 aromatic carbocycles. The molecule has 44 heavy (non-hydrogen) atoms. The Morgan fingerprint density at radius 3 is 2.36 bits per heavy atom. The minimum Gasteiger partial charge on any atom is -0.468 e. The van der Waals surface area contributed by atoms with Crippen molar-refractivity contribution in [3.8, 4) is 39.3 Å². The summed E-state index contributed by atoms with van der Waals surface area (Å²) in [5.41, 5.74) is 8.92. The van der Waals surface area contributed by atoms with Crippen LogP contribution in [0.1, 0.15) is 60.9 Å². The predicted octanol–water partition coefficient (Wildman–Crippen LogP) is 10.1. The largest absolute Gasteiger partial charge is 0.468 e. The van der Waals surface area contributed by atoms with Crippen molar-refractivity contribution in [3.63, 3.8) is 0 Å². The van der Waals surface area contributed by atoms with Crippen molar-refractivity contribution in [1.82, 2.24) is 4.98 Å². The average Bonchev–Trinajstić information content (AvgIpc) is 3.08. The van der Waals surface area contributed by atoms with Gasteiger partial charge in [0.15, 0.2) is 6.79 Å². The molecule has 0 saturated heterocycles. The van der Waals surface area contributed by atoms with E-state index in [9.17, 15) is 4.79 Å². The van der Waals surface area contributed by atoms with E-state index in [2.05, 4.69) is 42.5 Å². The third kappa shape index (κ3) is 6.50. The lowest BCUT2D eigenvalue weighted by Crippen LogP contribution is -2.09. The molecule has 0 amide bonds. The van der Waals surface area contributed by atoms with Gasteiger partial charge in [0.2, 0.25) is 0 Å². The fourth-order valence-corrected chi connectivity index (χ4v) is 6.29. The highest BCUT2D eigenvalue weighted by Crippen LogP contribution is 2.40. The number of esters is 1. The van der Waals surface area contributed by atoms with E-state index in [0.29, 0.717) is 28.9 Å². The number of nitrogens with zero attached hydrogens (tertiary/aromatic N) is 1. The van der Waals surface area contributed by atoms with Gasteiger partial charge in [-0.25, -0.2) is 9.78 Å². The molecule has 0 bridgehead atoms. The molecule has 6 rings (SSSR count). The van der Waals surface area contributed by atoms with Gasteiger partial charge in [0.25, 0.3) is 0 Å². The van der Waals surface area contributed by atoms with E-state index in [0.717, 1.165) is 51.7 Å². The first-order valence-corrected chi connectivity index (χ1v) is 15.7. The number of hydrogen-bond donors (Lipinski definition) is 0. The molecule has 0 radical (unpaired) electrons. The minimum atomic E-state index is -0.297. The number of methoxy groups -OCH3 is 1. The molecule has 6 heteroatoms. The summed E-state index contributed by atoms with van der Waals surface area (Å²) in [5.74, 6) is 0.853. The maximum absolute atomic E-state index is 12.4. The molecule has 1 heterocycles. The van der Waals surface area contributed by atoms with E-state index in [1.165, 1.54) is 37.5 Å². The first-order chi connectivity index (χ1) is 21.5. The zero-order valence-corrected chi connectivity index (χ0v) is 25.9. The molecule has 0 spiro atoms. The molecule has 1 aromatic heterocycles. The molecule has 0 unspecified atom stereocenters. The van der Waals surface area contributed by atoms with Crippen molar-refractivity contribution in [2.75, 3.05) is 20.5 Å². The number of aromatic nitrogens is 1. The Hall–Kier alpha value is -4.19. The molecule has 0 aliphatic heterocycles. The molecular weight excluding hydrogens is 570 g/mol. The van der Waals surface area contributed by atoms with Crippen molar-refractivity contribution < 1.29 is 19.0 Å². The van der Waals surface area contributed by atoms with Crippen LogP contribution in [0.25, 0.3) is 44.4 Å². The average molecular weight is 606 g/mol. The summed E-state index contributed by atoms with van der Waals surface area (Å²) in [6.45, 7) is 2.71. The lowest BCUT2D eigenvalue weighted by atomic mass is 9.80. The van der Waals surface area contributed by atoms with Crippen LogP contribution in [-0.4, -0.2) is 31.5 Å².